The largest absolute Gasteiger partial charge is 0.493 e. The fourth-order valence-electron chi connectivity index (χ4n) is 10.3. The molecule has 0 saturated carbocycles. The molecule has 78 heavy (non-hydrogen) atoms. The summed E-state index contributed by atoms with van der Waals surface area (Å²) in [6.07, 6.45) is 30.4. The fourth-order valence-corrected chi connectivity index (χ4v) is 10.3. The first-order chi connectivity index (χ1) is 38.0. The molecule has 1 amide bonds. The molecule has 0 fully saturated rings. The van der Waals surface area contributed by atoms with Crippen LogP contribution in [0, 0.1) is 46.8 Å². The molecule has 436 valence electrons. The van der Waals surface area contributed by atoms with E-state index in [0.29, 0.717) is 83.5 Å². The van der Waals surface area contributed by atoms with E-state index < -0.39 is 0 Å². The Labute approximate surface area is 477 Å². The highest BCUT2D eigenvalue weighted by Crippen LogP contribution is 2.44. The van der Waals surface area contributed by atoms with Crippen molar-refractivity contribution >= 4 is 40.8 Å². The van der Waals surface area contributed by atoms with Gasteiger partial charge in [-0.25, -0.2) is 0 Å². The first-order valence-electron chi connectivity index (χ1n) is 31.9. The van der Waals surface area contributed by atoms with Gasteiger partial charge in [-0.15, -0.1) is 10.2 Å². The van der Waals surface area contributed by atoms with Gasteiger partial charge in [-0.3, -0.25) is 4.79 Å². The van der Waals surface area contributed by atoms with E-state index in [0.717, 1.165) is 145 Å². The number of anilines is 2. The molecule has 3 aromatic rings. The molecule has 3 aromatic carbocycles. The van der Waals surface area contributed by atoms with Gasteiger partial charge >= 0.3 is 0 Å². The van der Waals surface area contributed by atoms with Gasteiger partial charge in [-0.2, -0.15) is 5.26 Å². The predicted octanol–water partition coefficient (Wildman–Crippen LogP) is 21.3. The number of nitriles is 1. The zero-order valence-electron chi connectivity index (χ0n) is 51.7. The number of benzene rings is 3. The molecule has 0 aliphatic heterocycles. The normalized spacial score (nSPS) is 14.0. The molecular formula is C69H111N5O4. The van der Waals surface area contributed by atoms with E-state index in [1.165, 1.54) is 44.9 Å². The van der Waals surface area contributed by atoms with E-state index in [1.54, 1.807) is 0 Å². The smallest absolute Gasteiger partial charge is 0.227 e. The lowest BCUT2D eigenvalue weighted by Crippen LogP contribution is -2.34. The number of ether oxygens (including phenoxy) is 3. The molecule has 0 aliphatic rings. The number of nitrogens with zero attached hydrogens (tertiary/aromatic N) is 4. The highest BCUT2D eigenvalue weighted by atomic mass is 16.5. The molecule has 0 spiro atoms. The second-order valence-electron chi connectivity index (χ2n) is 22.6. The standard InChI is InChI=1S/C69H111N5O4/c1-13-25-31-53(19-7)48-74(49-54(20-8)32-26-14-2)65-44-62(71-69(75)60(24-12)36-30-18-6)63(45-68(65)78-52-57(23-11)35-29-17-5)72-73-64-46-66(76-50-55(21-9)33-27-15-3)61(42-41-58-37-39-59(47-70)40-38-58)43-67(64)77-51-56(22-10)34-28-16-4/h37-46,53-57,60H,13-36,48-52H2,1-12H3,(H,71,75). The van der Waals surface area contributed by atoms with E-state index in [-0.39, 0.29) is 11.8 Å². The quantitative estimate of drug-likeness (QED) is 0.0446. The van der Waals surface area contributed by atoms with Crippen molar-refractivity contribution in [3.63, 3.8) is 0 Å². The SMILES string of the molecule is CCCCC(CC)COc1cc(N=Nc2cc(OCC(CC)CCCC)c(N(CC(CC)CCCC)CC(CC)CCCC)cc2NC(=O)C(CC)CCCC)c(OCC(CC)CCCC)cc1C=Cc1ccc(C#N)cc1. The van der Waals surface area contributed by atoms with Crippen molar-refractivity contribution < 1.29 is 19.0 Å². The molecule has 9 nitrogen and oxygen atoms in total. The van der Waals surface area contributed by atoms with Gasteiger partial charge < -0.3 is 24.4 Å². The number of rotatable bonds is 44. The average Bonchev–Trinajstić information content (AvgIpc) is 3.47. The second-order valence-corrected chi connectivity index (χ2v) is 22.6. The summed E-state index contributed by atoms with van der Waals surface area (Å²) in [6.45, 7) is 30.7. The Kier molecular flexibility index (Phi) is 34.9. The van der Waals surface area contributed by atoms with Gasteiger partial charge in [0.05, 0.1) is 42.8 Å². The first-order valence-corrected chi connectivity index (χ1v) is 31.9. The van der Waals surface area contributed by atoms with Gasteiger partial charge in [0.15, 0.2) is 0 Å². The molecule has 0 aliphatic carbocycles. The molecule has 1 N–H and O–H groups in total. The fraction of sp³-hybridized carbons (Fsp3) is 0.681. The molecule has 0 bridgehead atoms. The Hall–Kier alpha value is -4.84. The van der Waals surface area contributed by atoms with Crippen molar-refractivity contribution in [2.45, 2.75) is 237 Å². The van der Waals surface area contributed by atoms with Crippen LogP contribution >= 0.6 is 0 Å². The maximum absolute atomic E-state index is 14.6. The maximum atomic E-state index is 14.6. The van der Waals surface area contributed by atoms with Gasteiger partial charge in [-0.05, 0) is 104 Å². The summed E-state index contributed by atoms with van der Waals surface area (Å²) >= 11 is 0. The van der Waals surface area contributed by atoms with Crippen LogP contribution in [-0.2, 0) is 4.79 Å². The number of amides is 1. The third kappa shape index (κ3) is 24.3. The summed E-state index contributed by atoms with van der Waals surface area (Å²) in [5, 5.41) is 23.3. The van der Waals surface area contributed by atoms with Crippen LogP contribution in [0.2, 0.25) is 0 Å². The Morgan fingerprint density at radius 1 is 0.526 bits per heavy atom. The van der Waals surface area contributed by atoms with E-state index in [4.69, 9.17) is 24.4 Å². The summed E-state index contributed by atoms with van der Waals surface area (Å²) in [5.74, 6) is 4.29. The topological polar surface area (TPSA) is 109 Å². The van der Waals surface area contributed by atoms with Gasteiger partial charge in [0.1, 0.15) is 28.6 Å². The number of nitrogens with one attached hydrogen (secondary N) is 1. The van der Waals surface area contributed by atoms with E-state index >= 15 is 0 Å². The molecule has 0 aromatic heterocycles. The van der Waals surface area contributed by atoms with Crippen LogP contribution in [0.5, 0.6) is 17.2 Å². The number of carbonyl (C=O) groups is 1. The minimum Gasteiger partial charge on any atom is -0.493 e. The van der Waals surface area contributed by atoms with Crippen LogP contribution < -0.4 is 24.4 Å². The first kappa shape index (κ1) is 67.4. The number of azo groups is 1. The monoisotopic (exact) mass is 1070 g/mol. The van der Waals surface area contributed by atoms with Crippen molar-refractivity contribution in [3.05, 3.63) is 65.2 Å². The van der Waals surface area contributed by atoms with Crippen LogP contribution in [0.4, 0.5) is 22.7 Å². The van der Waals surface area contributed by atoms with Gasteiger partial charge in [-0.1, -0.05) is 217 Å². The lowest BCUT2D eigenvalue weighted by Gasteiger charge is -2.34. The van der Waals surface area contributed by atoms with Crippen LogP contribution in [-0.4, -0.2) is 38.8 Å². The zero-order valence-corrected chi connectivity index (χ0v) is 51.7. The minimum absolute atomic E-state index is 0.0206. The molecule has 0 heterocycles. The number of unbranched alkanes of at least 4 members (excludes halogenated alkanes) is 6. The lowest BCUT2D eigenvalue weighted by molar-refractivity contribution is -0.120. The number of hydrogen-bond acceptors (Lipinski definition) is 8. The van der Waals surface area contributed by atoms with Crippen molar-refractivity contribution in [2.24, 2.45) is 45.7 Å². The van der Waals surface area contributed by atoms with Crippen LogP contribution in [0.1, 0.15) is 254 Å². The molecule has 0 radical (unpaired) electrons. The Balaban J connectivity index is 2.49. The third-order valence-corrected chi connectivity index (χ3v) is 16.4. The summed E-state index contributed by atoms with van der Waals surface area (Å²) < 4.78 is 20.9. The van der Waals surface area contributed by atoms with Crippen molar-refractivity contribution in [1.29, 1.82) is 5.26 Å². The predicted molar refractivity (Wildman–Crippen MR) is 334 cm³/mol. The van der Waals surface area contributed by atoms with Crippen molar-refractivity contribution in [2.75, 3.05) is 43.1 Å². The molecule has 6 atom stereocenters. The molecule has 0 saturated heterocycles. The Morgan fingerprint density at radius 2 is 0.962 bits per heavy atom. The summed E-state index contributed by atoms with van der Waals surface area (Å²) in [4.78, 5) is 17.2. The third-order valence-electron chi connectivity index (χ3n) is 16.4. The van der Waals surface area contributed by atoms with Crippen molar-refractivity contribution in [1.82, 2.24) is 0 Å². The van der Waals surface area contributed by atoms with E-state index in [1.807, 2.05) is 30.3 Å². The molecule has 3 rings (SSSR count). The van der Waals surface area contributed by atoms with E-state index in [9.17, 15) is 10.1 Å². The summed E-state index contributed by atoms with van der Waals surface area (Å²) in [7, 11) is 0. The molecular weight excluding hydrogens is 963 g/mol. The van der Waals surface area contributed by atoms with Crippen LogP contribution in [0.15, 0.2) is 58.8 Å². The van der Waals surface area contributed by atoms with Gasteiger partial charge in [0, 0.05) is 36.7 Å². The van der Waals surface area contributed by atoms with Crippen molar-refractivity contribution in [3.8, 4) is 23.3 Å². The minimum atomic E-state index is -0.126. The number of hydrogen-bond donors (Lipinski definition) is 1. The van der Waals surface area contributed by atoms with E-state index in [2.05, 4.69) is 130 Å². The second kappa shape index (κ2) is 40.4. The molecule has 6 unspecified atom stereocenters. The average molecular weight is 1070 g/mol. The maximum Gasteiger partial charge on any atom is 0.227 e. The van der Waals surface area contributed by atoms with Crippen LogP contribution in [0.25, 0.3) is 12.2 Å². The van der Waals surface area contributed by atoms with Gasteiger partial charge in [0.25, 0.3) is 0 Å². The highest BCUT2D eigenvalue weighted by molar-refractivity contribution is 5.96. The molecule has 9 heteroatoms. The Morgan fingerprint density at radius 3 is 1.42 bits per heavy atom. The zero-order chi connectivity index (χ0) is 56.9. The summed E-state index contributed by atoms with van der Waals surface area (Å²) in [5.41, 5.74) is 5.30. The summed E-state index contributed by atoms with van der Waals surface area (Å²) in [6, 6.07) is 18.2. The number of carbonyl (C=O) groups excluding carboxylic acids is 1. The van der Waals surface area contributed by atoms with Gasteiger partial charge in [0.2, 0.25) is 5.91 Å². The van der Waals surface area contributed by atoms with Crippen LogP contribution in [0.3, 0.4) is 0 Å². The Bertz CT molecular complexity index is 2160. The lowest BCUT2D eigenvalue weighted by atomic mass is 9.95. The highest BCUT2D eigenvalue weighted by Gasteiger charge is 2.26.